The van der Waals surface area contributed by atoms with Crippen LogP contribution in [-0.2, 0) is 16.1 Å². The summed E-state index contributed by atoms with van der Waals surface area (Å²) in [5, 5.41) is 10.9. The van der Waals surface area contributed by atoms with Crippen LogP contribution in [0.5, 0.6) is 0 Å². The second-order valence-electron chi connectivity index (χ2n) is 6.85. The fourth-order valence-corrected chi connectivity index (χ4v) is 3.75. The van der Waals surface area contributed by atoms with Gasteiger partial charge in [0.1, 0.15) is 12.9 Å². The van der Waals surface area contributed by atoms with Crippen LogP contribution in [0.15, 0.2) is 19.0 Å². The number of hydrogen-bond donors (Lipinski definition) is 0. The van der Waals surface area contributed by atoms with Crippen molar-refractivity contribution in [1.29, 1.82) is 0 Å². The Morgan fingerprint density at radius 2 is 2.20 bits per heavy atom. The average Bonchev–Trinajstić information content (AvgIpc) is 3.06. The van der Waals surface area contributed by atoms with E-state index in [1.54, 1.807) is 6.08 Å². The lowest BCUT2D eigenvalue weighted by molar-refractivity contribution is -0.137. The lowest BCUT2D eigenvalue weighted by Crippen LogP contribution is -2.62. The van der Waals surface area contributed by atoms with E-state index >= 15 is 0 Å². The predicted octanol–water partition coefficient (Wildman–Crippen LogP) is -0.616. The van der Waals surface area contributed by atoms with Crippen LogP contribution in [-0.4, -0.2) is 92.0 Å². The van der Waals surface area contributed by atoms with Crippen LogP contribution < -0.4 is 0 Å². The zero-order valence-electron chi connectivity index (χ0n) is 14.7. The molecule has 0 bridgehead atoms. The van der Waals surface area contributed by atoms with Crippen LogP contribution in [0.25, 0.3) is 0 Å². The van der Waals surface area contributed by atoms with E-state index in [1.807, 2.05) is 9.80 Å². The van der Waals surface area contributed by atoms with Crippen molar-refractivity contribution < 1.29 is 9.59 Å². The van der Waals surface area contributed by atoms with Gasteiger partial charge in [0.25, 0.3) is 0 Å². The lowest BCUT2D eigenvalue weighted by atomic mass is 9.86. The highest BCUT2D eigenvalue weighted by molar-refractivity contribution is 5.77. The van der Waals surface area contributed by atoms with E-state index in [1.165, 1.54) is 11.0 Å². The third kappa shape index (κ3) is 3.71. The Hall–Kier alpha value is -2.29. The largest absolute Gasteiger partial charge is 0.339 e. The summed E-state index contributed by atoms with van der Waals surface area (Å²) < 4.78 is 1.44. The van der Waals surface area contributed by atoms with Crippen molar-refractivity contribution in [3.8, 4) is 0 Å². The third-order valence-electron chi connectivity index (χ3n) is 5.40. The summed E-state index contributed by atoms with van der Waals surface area (Å²) in [5.74, 6) is 0.181. The van der Waals surface area contributed by atoms with Gasteiger partial charge in [-0.3, -0.25) is 14.5 Å². The van der Waals surface area contributed by atoms with E-state index < -0.39 is 0 Å². The molecule has 25 heavy (non-hydrogen) atoms. The van der Waals surface area contributed by atoms with Gasteiger partial charge in [0.05, 0.1) is 0 Å². The number of piperazine rings is 1. The van der Waals surface area contributed by atoms with E-state index in [0.29, 0.717) is 32.6 Å². The molecule has 2 amide bonds. The molecule has 0 aromatic carbocycles. The van der Waals surface area contributed by atoms with Crippen LogP contribution in [0.4, 0.5) is 0 Å². The number of likely N-dealkylation sites (tertiary alicyclic amines) is 1. The number of carbonyl (C=O) groups excluding carboxylic acids is 2. The van der Waals surface area contributed by atoms with Gasteiger partial charge >= 0.3 is 0 Å². The van der Waals surface area contributed by atoms with Gasteiger partial charge in [0, 0.05) is 44.7 Å². The van der Waals surface area contributed by atoms with E-state index in [-0.39, 0.29) is 23.9 Å². The molecule has 2 saturated heterocycles. The van der Waals surface area contributed by atoms with E-state index in [9.17, 15) is 9.59 Å². The topological polar surface area (TPSA) is 87.5 Å². The number of amides is 2. The number of tetrazole rings is 1. The second kappa shape index (κ2) is 7.30. The van der Waals surface area contributed by atoms with Gasteiger partial charge < -0.3 is 9.80 Å². The SMILES string of the molecule is C=CCN1CCC2(CCC1=O)CN(C(=O)Cn1cnnn1)CCN2C. The summed E-state index contributed by atoms with van der Waals surface area (Å²) in [7, 11) is 2.09. The molecule has 1 spiro atoms. The molecule has 0 saturated carbocycles. The summed E-state index contributed by atoms with van der Waals surface area (Å²) in [6.45, 7) is 7.29. The summed E-state index contributed by atoms with van der Waals surface area (Å²) in [5.41, 5.74) is -0.153. The Bertz CT molecular complexity index is 632. The molecule has 2 aliphatic heterocycles. The standard InChI is InChI=1S/C16H25N7O2/c1-3-7-21-8-6-16(5-4-14(21)24)12-22(10-9-20(16)2)15(25)11-23-13-17-18-19-23/h3,13H,1,4-12H2,2H3. The fraction of sp³-hybridized carbons (Fsp3) is 0.688. The molecule has 0 N–H and O–H groups in total. The molecule has 136 valence electrons. The number of likely N-dealkylation sites (N-methyl/N-ethyl adjacent to an activating group) is 1. The quantitative estimate of drug-likeness (QED) is 0.675. The average molecular weight is 347 g/mol. The van der Waals surface area contributed by atoms with Crippen LogP contribution in [0, 0.1) is 0 Å². The smallest absolute Gasteiger partial charge is 0.244 e. The van der Waals surface area contributed by atoms with Gasteiger partial charge in [-0.05, 0) is 30.3 Å². The number of hydrogen-bond acceptors (Lipinski definition) is 6. The first-order chi connectivity index (χ1) is 12.0. The Balaban J connectivity index is 1.70. The van der Waals surface area contributed by atoms with Gasteiger partial charge in [-0.1, -0.05) is 6.08 Å². The van der Waals surface area contributed by atoms with Gasteiger partial charge in [0.15, 0.2) is 0 Å². The normalized spacial score (nSPS) is 25.2. The Morgan fingerprint density at radius 3 is 2.92 bits per heavy atom. The highest BCUT2D eigenvalue weighted by atomic mass is 16.2. The summed E-state index contributed by atoms with van der Waals surface area (Å²) in [6.07, 6.45) is 5.35. The Morgan fingerprint density at radius 1 is 1.36 bits per heavy atom. The van der Waals surface area contributed by atoms with Crippen molar-refractivity contribution in [2.45, 2.75) is 31.3 Å². The molecule has 9 heteroatoms. The summed E-state index contributed by atoms with van der Waals surface area (Å²) in [6, 6.07) is 0. The molecule has 0 radical (unpaired) electrons. The summed E-state index contributed by atoms with van der Waals surface area (Å²) >= 11 is 0. The highest BCUT2D eigenvalue weighted by Crippen LogP contribution is 2.32. The molecule has 2 aliphatic rings. The minimum atomic E-state index is -0.153. The molecular weight excluding hydrogens is 322 g/mol. The maximum absolute atomic E-state index is 12.6. The highest BCUT2D eigenvalue weighted by Gasteiger charge is 2.43. The maximum Gasteiger partial charge on any atom is 0.244 e. The minimum absolute atomic E-state index is 0.0123. The number of aromatic nitrogens is 4. The zero-order chi connectivity index (χ0) is 17.9. The first kappa shape index (κ1) is 17.5. The van der Waals surface area contributed by atoms with E-state index in [0.717, 1.165) is 19.4 Å². The van der Waals surface area contributed by atoms with Crippen molar-refractivity contribution >= 4 is 11.8 Å². The Kier molecular flexibility index (Phi) is 5.12. The summed E-state index contributed by atoms with van der Waals surface area (Å²) in [4.78, 5) is 31.0. The second-order valence-corrected chi connectivity index (χ2v) is 6.85. The molecular formula is C16H25N7O2. The third-order valence-corrected chi connectivity index (χ3v) is 5.40. The molecule has 9 nitrogen and oxygen atoms in total. The fourth-order valence-electron chi connectivity index (χ4n) is 3.75. The molecule has 0 aliphatic carbocycles. The monoisotopic (exact) mass is 347 g/mol. The Labute approximate surface area is 147 Å². The number of nitrogens with zero attached hydrogens (tertiary/aromatic N) is 7. The molecule has 3 heterocycles. The van der Waals surface area contributed by atoms with Gasteiger partial charge in [0.2, 0.25) is 11.8 Å². The molecule has 1 aromatic rings. The van der Waals surface area contributed by atoms with Crippen molar-refractivity contribution in [1.82, 2.24) is 34.9 Å². The molecule has 1 atom stereocenters. The molecule has 2 fully saturated rings. The van der Waals surface area contributed by atoms with Crippen molar-refractivity contribution in [3.05, 3.63) is 19.0 Å². The van der Waals surface area contributed by atoms with Crippen LogP contribution in [0.2, 0.25) is 0 Å². The zero-order valence-corrected chi connectivity index (χ0v) is 14.7. The number of rotatable bonds is 4. The molecule has 3 rings (SSSR count). The van der Waals surface area contributed by atoms with Crippen molar-refractivity contribution in [2.24, 2.45) is 0 Å². The van der Waals surface area contributed by atoms with E-state index in [2.05, 4.69) is 34.1 Å². The van der Waals surface area contributed by atoms with Crippen molar-refractivity contribution in [3.63, 3.8) is 0 Å². The predicted molar refractivity (Wildman–Crippen MR) is 90.4 cm³/mol. The number of carbonyl (C=O) groups is 2. The van der Waals surface area contributed by atoms with Gasteiger partial charge in [-0.2, -0.15) is 0 Å². The first-order valence-corrected chi connectivity index (χ1v) is 8.62. The first-order valence-electron chi connectivity index (χ1n) is 8.62. The lowest BCUT2D eigenvalue weighted by Gasteiger charge is -2.49. The maximum atomic E-state index is 12.6. The molecule has 1 unspecified atom stereocenters. The minimum Gasteiger partial charge on any atom is -0.339 e. The van der Waals surface area contributed by atoms with Gasteiger partial charge in [-0.25, -0.2) is 4.68 Å². The van der Waals surface area contributed by atoms with Crippen molar-refractivity contribution in [2.75, 3.05) is 39.8 Å². The van der Waals surface area contributed by atoms with Crippen LogP contribution in [0.3, 0.4) is 0 Å². The molecule has 1 aromatic heterocycles. The van der Waals surface area contributed by atoms with Crippen LogP contribution in [0.1, 0.15) is 19.3 Å². The van der Waals surface area contributed by atoms with E-state index in [4.69, 9.17) is 0 Å². The van der Waals surface area contributed by atoms with Gasteiger partial charge in [-0.15, -0.1) is 11.7 Å². The van der Waals surface area contributed by atoms with Crippen LogP contribution >= 0.6 is 0 Å².